The highest BCUT2D eigenvalue weighted by atomic mass is 32.1. The molecule has 2 N–H and O–H groups in total. The number of hydrogen-bond acceptors (Lipinski definition) is 15. The number of anilines is 3. The summed E-state index contributed by atoms with van der Waals surface area (Å²) in [4.78, 5) is 30.4. The number of nitriles is 1. The molecule has 14 nitrogen and oxygen atoms in total. The van der Waals surface area contributed by atoms with Crippen molar-refractivity contribution in [3.8, 4) is 28.7 Å². The van der Waals surface area contributed by atoms with Gasteiger partial charge in [-0.3, -0.25) is 4.99 Å². The lowest BCUT2D eigenvalue weighted by atomic mass is 9.86. The van der Waals surface area contributed by atoms with Gasteiger partial charge >= 0.3 is 0 Å². The van der Waals surface area contributed by atoms with Crippen LogP contribution in [0.15, 0.2) is 175 Å². The Morgan fingerprint density at radius 2 is 1.48 bits per heavy atom. The molecule has 4 atom stereocenters. The predicted molar refractivity (Wildman–Crippen MR) is 338 cm³/mol. The number of nitrogens with zero attached hydrogens (tertiary/aromatic N) is 12. The zero-order chi connectivity index (χ0) is 56.5. The third kappa shape index (κ3) is 11.6. The average molecular weight is 1160 g/mol. The molecule has 0 bridgehead atoms. The second-order valence-electron chi connectivity index (χ2n) is 22.5. The van der Waals surface area contributed by atoms with Gasteiger partial charge < -0.3 is 25.2 Å². The second-order valence-corrected chi connectivity index (χ2v) is 25.7. The molecule has 4 unspecified atom stereocenters. The summed E-state index contributed by atoms with van der Waals surface area (Å²) >= 11 is 5.33. The fourth-order valence-corrected chi connectivity index (χ4v) is 15.2. The minimum absolute atomic E-state index is 0.108. The van der Waals surface area contributed by atoms with Crippen molar-refractivity contribution >= 4 is 61.3 Å². The number of hydrogen-bond donors (Lipinski definition) is 1. The Bertz CT molecular complexity index is 4070. The number of aliphatic imine (C=N–C) groups is 1. The molecule has 4 aliphatic rings. The number of ether oxygens (including phenoxy) is 1. The normalized spacial score (nSPS) is 18.4. The molecule has 0 radical (unpaired) electrons. The highest BCUT2D eigenvalue weighted by Crippen LogP contribution is 2.39. The van der Waals surface area contributed by atoms with Gasteiger partial charge in [0.1, 0.15) is 0 Å². The van der Waals surface area contributed by atoms with E-state index in [4.69, 9.17) is 35.5 Å². The van der Waals surface area contributed by atoms with E-state index in [1.807, 2.05) is 76.9 Å². The second kappa shape index (κ2) is 23.6. The van der Waals surface area contributed by atoms with E-state index < -0.39 is 0 Å². The first-order valence-electron chi connectivity index (χ1n) is 29.0. The monoisotopic (exact) mass is 1160 g/mol. The summed E-state index contributed by atoms with van der Waals surface area (Å²) in [6.07, 6.45) is 22.2. The van der Waals surface area contributed by atoms with Crippen molar-refractivity contribution < 1.29 is 4.74 Å². The summed E-state index contributed by atoms with van der Waals surface area (Å²) in [7, 11) is 0. The van der Waals surface area contributed by atoms with Gasteiger partial charge in [-0.15, -0.1) is 34.0 Å². The molecule has 10 aromatic rings. The van der Waals surface area contributed by atoms with Crippen LogP contribution < -0.4 is 20.4 Å². The Labute approximate surface area is 501 Å². The number of piperidine rings is 1. The molecule has 5 aromatic heterocycles. The quantitative estimate of drug-likeness (QED) is 0.0975. The topological polar surface area (TPSA) is 155 Å². The van der Waals surface area contributed by atoms with Gasteiger partial charge in [0.15, 0.2) is 15.4 Å². The largest absolute Gasteiger partial charge is 0.400 e. The maximum Gasteiger partial charge on any atom is 0.185 e. The van der Waals surface area contributed by atoms with Gasteiger partial charge in [0.2, 0.25) is 0 Å². The van der Waals surface area contributed by atoms with Crippen LogP contribution in [0.1, 0.15) is 91.2 Å². The third-order valence-corrected chi connectivity index (χ3v) is 20.3. The van der Waals surface area contributed by atoms with E-state index >= 15 is 0 Å². The Kier molecular flexibility index (Phi) is 15.0. The van der Waals surface area contributed by atoms with Gasteiger partial charge in [-0.1, -0.05) is 61.5 Å². The standard InChI is InChI=1S/C67H63N13OS3/c1-44(49-6-3-7-55(36-49)70-25-19-60(69)63-18-15-53-42-78(29-23-62(53)81-63)66-72-39-59(83-66)34-46-5-2-8-57(32-46)79-26-4-24-74-79)64-40-73-67(84-64)76-28-21-50-35-51(13-14-52(50)41-76)61-22-30-80(75-61)56-16-10-45(11-17-56)33-58-38-71-65(82-58)77-27-20-48-12-9-47(37-68)31-54(48)43-77/h2-14,16-17,19,22,24-26,30-32,35-36,38-40,44,53,62-63H,15,18,20-21,23,27-29,33-34,41-43,69H2,1H3. The van der Waals surface area contributed by atoms with E-state index in [0.717, 1.165) is 134 Å². The number of fused-ring (bicyclic) bond motifs is 3. The third-order valence-electron chi connectivity index (χ3n) is 17.0. The van der Waals surface area contributed by atoms with Crippen LogP contribution in [-0.4, -0.2) is 79.1 Å². The summed E-state index contributed by atoms with van der Waals surface area (Å²) in [6, 6.07) is 44.9. The molecule has 0 spiro atoms. The van der Waals surface area contributed by atoms with Crippen LogP contribution in [0, 0.1) is 17.2 Å². The van der Waals surface area contributed by atoms with Crippen LogP contribution in [0.4, 0.5) is 21.1 Å². The van der Waals surface area contributed by atoms with Gasteiger partial charge in [-0.2, -0.15) is 15.5 Å². The lowest BCUT2D eigenvalue weighted by Gasteiger charge is -2.43. The van der Waals surface area contributed by atoms with E-state index in [9.17, 15) is 5.26 Å². The number of rotatable bonds is 15. The first kappa shape index (κ1) is 53.5. The van der Waals surface area contributed by atoms with Crippen molar-refractivity contribution in [1.29, 1.82) is 5.26 Å². The molecule has 14 rings (SSSR count). The fraction of sp³-hybridized carbons (Fsp3) is 0.269. The highest BCUT2D eigenvalue weighted by molar-refractivity contribution is 7.16. The molecule has 0 saturated carbocycles. The average Bonchev–Trinajstić information content (AvgIpc) is 4.46. The molecule has 0 aliphatic carbocycles. The van der Waals surface area contributed by atoms with Crippen LogP contribution in [0.3, 0.4) is 0 Å². The zero-order valence-corrected chi connectivity index (χ0v) is 49.2. The maximum atomic E-state index is 9.39. The van der Waals surface area contributed by atoms with E-state index in [2.05, 4.69) is 130 Å². The first-order chi connectivity index (χ1) is 41.3. The van der Waals surface area contributed by atoms with Crippen LogP contribution in [-0.2, 0) is 43.5 Å². The number of aromatic nitrogens is 7. The molecular formula is C67H63N13OS3. The maximum absolute atomic E-state index is 9.39. The van der Waals surface area contributed by atoms with Gasteiger partial charge in [0.05, 0.1) is 46.6 Å². The van der Waals surface area contributed by atoms with Crippen molar-refractivity contribution in [3.63, 3.8) is 0 Å². The Hall–Kier alpha value is -8.53. The predicted octanol–water partition coefficient (Wildman–Crippen LogP) is 13.0. The molecule has 5 aromatic carbocycles. The lowest BCUT2D eigenvalue weighted by molar-refractivity contribution is -0.0747. The van der Waals surface area contributed by atoms with E-state index in [0.29, 0.717) is 11.5 Å². The van der Waals surface area contributed by atoms with Gasteiger partial charge in [0.25, 0.3) is 0 Å². The van der Waals surface area contributed by atoms with Gasteiger partial charge in [-0.25, -0.2) is 24.3 Å². The van der Waals surface area contributed by atoms with Crippen molar-refractivity contribution in [2.45, 2.75) is 83.1 Å². The van der Waals surface area contributed by atoms with Crippen molar-refractivity contribution in [2.24, 2.45) is 16.6 Å². The SMILES string of the molecule is CC(c1cccc(N=CC=C(N)C2CCC3CN(c4ncc(Cc5cccc(-n6cccn6)c5)s4)CCC3O2)c1)c1cnc(N2CCc3cc(-c4ccn(-c5ccc(Cc6cnc(N7CCc8ccc(C#N)cc8C7)s6)cc5)n4)ccc3C2)s1. The van der Waals surface area contributed by atoms with E-state index in [1.54, 1.807) is 40.2 Å². The molecular weight excluding hydrogens is 1100 g/mol. The highest BCUT2D eigenvalue weighted by Gasteiger charge is 2.37. The molecule has 9 heterocycles. The van der Waals surface area contributed by atoms with Crippen LogP contribution in [0.5, 0.6) is 0 Å². The molecule has 84 heavy (non-hydrogen) atoms. The molecule has 2 saturated heterocycles. The fourth-order valence-electron chi connectivity index (χ4n) is 12.2. The molecule has 420 valence electrons. The summed E-state index contributed by atoms with van der Waals surface area (Å²) in [5, 5.41) is 22.0. The molecule has 0 amide bonds. The van der Waals surface area contributed by atoms with Crippen molar-refractivity contribution in [3.05, 3.63) is 229 Å². The number of thiazole rings is 3. The number of allylic oxidation sites excluding steroid dienone is 1. The molecule has 2 fully saturated rings. The zero-order valence-electron chi connectivity index (χ0n) is 46.7. The lowest BCUT2D eigenvalue weighted by Crippen LogP contribution is -2.49. The van der Waals surface area contributed by atoms with Gasteiger partial charge in [0, 0.05) is 133 Å². The number of nitrogens with two attached hydrogens (primary N) is 1. The van der Waals surface area contributed by atoms with Crippen molar-refractivity contribution in [1.82, 2.24) is 34.5 Å². The van der Waals surface area contributed by atoms with Crippen LogP contribution in [0.2, 0.25) is 0 Å². The smallest absolute Gasteiger partial charge is 0.185 e. The Morgan fingerprint density at radius 3 is 2.31 bits per heavy atom. The number of benzene rings is 5. The molecule has 4 aliphatic heterocycles. The van der Waals surface area contributed by atoms with E-state index in [-0.39, 0.29) is 18.1 Å². The van der Waals surface area contributed by atoms with Crippen LogP contribution in [0.25, 0.3) is 22.6 Å². The summed E-state index contributed by atoms with van der Waals surface area (Å²) in [5.74, 6) is 0.615. The van der Waals surface area contributed by atoms with Crippen molar-refractivity contribution in [2.75, 3.05) is 40.9 Å². The minimum atomic E-state index is -0.108. The van der Waals surface area contributed by atoms with Crippen LogP contribution >= 0.6 is 34.0 Å². The summed E-state index contributed by atoms with van der Waals surface area (Å²) < 4.78 is 10.5. The molecule has 17 heteroatoms. The first-order valence-corrected chi connectivity index (χ1v) is 31.5. The van der Waals surface area contributed by atoms with E-state index in [1.165, 1.54) is 53.6 Å². The summed E-state index contributed by atoms with van der Waals surface area (Å²) in [6.45, 7) is 7.57. The van der Waals surface area contributed by atoms with Gasteiger partial charge in [-0.05, 0) is 144 Å². The Morgan fingerprint density at radius 1 is 0.702 bits per heavy atom. The summed E-state index contributed by atoms with van der Waals surface area (Å²) in [5.41, 5.74) is 22.1. The Balaban J connectivity index is 0.543. The minimum Gasteiger partial charge on any atom is -0.400 e.